The zero-order valence-electron chi connectivity index (χ0n) is 17.3. The molecule has 0 radical (unpaired) electrons. The average Bonchev–Trinajstić information content (AvgIpc) is 2.78. The molecule has 33 heavy (non-hydrogen) atoms. The molecule has 0 aliphatic carbocycles. The standard InChI is InChI=1S/C24H20F3NO4S/c25-24(26,27)33-21-11-6-16(14-20(21)17-4-2-1-3-5-17)15-32-19-9-7-18(8-10-19)23(31)28-13-12-22(29)30/h1-11,14H,12-13,15H2,(H,28,31)(H,29,30). The molecule has 0 aliphatic rings. The fraction of sp³-hybridized carbons (Fsp3) is 0.167. The molecule has 3 aromatic rings. The van der Waals surface area contributed by atoms with E-state index < -0.39 is 17.4 Å². The van der Waals surface area contributed by atoms with Crippen molar-refractivity contribution in [1.82, 2.24) is 5.32 Å². The smallest absolute Gasteiger partial charge is 0.446 e. The molecule has 5 nitrogen and oxygen atoms in total. The second kappa shape index (κ2) is 10.9. The molecular weight excluding hydrogens is 455 g/mol. The average molecular weight is 475 g/mol. The van der Waals surface area contributed by atoms with E-state index in [0.29, 0.717) is 28.0 Å². The highest BCUT2D eigenvalue weighted by atomic mass is 32.2. The van der Waals surface area contributed by atoms with Crippen molar-refractivity contribution >= 4 is 23.6 Å². The van der Waals surface area contributed by atoms with Crippen LogP contribution in [0, 0.1) is 0 Å². The Hall–Kier alpha value is -3.46. The van der Waals surface area contributed by atoms with Crippen molar-refractivity contribution in [1.29, 1.82) is 0 Å². The number of alkyl halides is 3. The lowest BCUT2D eigenvalue weighted by atomic mass is 10.0. The Kier molecular flexibility index (Phi) is 8.00. The van der Waals surface area contributed by atoms with Crippen LogP contribution in [-0.4, -0.2) is 29.0 Å². The summed E-state index contributed by atoms with van der Waals surface area (Å²) in [5, 5.41) is 11.1. The number of amides is 1. The molecule has 0 fully saturated rings. The zero-order valence-corrected chi connectivity index (χ0v) is 18.1. The molecule has 2 N–H and O–H groups in total. The Bertz CT molecular complexity index is 1100. The van der Waals surface area contributed by atoms with Gasteiger partial charge in [-0.1, -0.05) is 36.4 Å². The number of carbonyl (C=O) groups is 2. The Balaban J connectivity index is 1.68. The highest BCUT2D eigenvalue weighted by Gasteiger charge is 2.30. The van der Waals surface area contributed by atoms with Crippen molar-refractivity contribution in [3.05, 3.63) is 83.9 Å². The maximum absolute atomic E-state index is 13.0. The van der Waals surface area contributed by atoms with Crippen molar-refractivity contribution in [3.63, 3.8) is 0 Å². The first-order chi connectivity index (χ1) is 15.7. The number of benzene rings is 3. The number of carboxylic acids is 1. The van der Waals surface area contributed by atoms with Crippen LogP contribution in [0.1, 0.15) is 22.3 Å². The van der Waals surface area contributed by atoms with Gasteiger partial charge in [-0.05, 0) is 64.9 Å². The molecule has 0 aliphatic heterocycles. The number of carboxylic acid groups (broad SMARTS) is 1. The van der Waals surface area contributed by atoms with Crippen LogP contribution in [0.4, 0.5) is 13.2 Å². The Labute approximate surface area is 192 Å². The van der Waals surface area contributed by atoms with E-state index in [9.17, 15) is 22.8 Å². The molecule has 1 amide bonds. The molecular formula is C24H20F3NO4S. The molecule has 0 bridgehead atoms. The van der Waals surface area contributed by atoms with E-state index in [1.807, 2.05) is 0 Å². The number of ether oxygens (including phenoxy) is 1. The van der Waals surface area contributed by atoms with Gasteiger partial charge in [0.2, 0.25) is 0 Å². The van der Waals surface area contributed by atoms with E-state index in [-0.39, 0.29) is 36.2 Å². The van der Waals surface area contributed by atoms with Crippen LogP contribution in [0.3, 0.4) is 0 Å². The number of rotatable bonds is 9. The SMILES string of the molecule is O=C(O)CCNC(=O)c1ccc(OCc2ccc(SC(F)(F)F)c(-c3ccccc3)c2)cc1. The van der Waals surface area contributed by atoms with Crippen molar-refractivity contribution < 1.29 is 32.6 Å². The van der Waals surface area contributed by atoms with Gasteiger partial charge in [0.25, 0.3) is 5.91 Å². The van der Waals surface area contributed by atoms with E-state index in [4.69, 9.17) is 9.84 Å². The largest absolute Gasteiger partial charge is 0.489 e. The van der Waals surface area contributed by atoms with Crippen LogP contribution in [0.25, 0.3) is 11.1 Å². The first kappa shape index (κ1) is 24.2. The monoisotopic (exact) mass is 475 g/mol. The number of hydrogen-bond donors (Lipinski definition) is 2. The summed E-state index contributed by atoms with van der Waals surface area (Å²) in [6.07, 6.45) is -0.168. The summed E-state index contributed by atoms with van der Waals surface area (Å²) in [7, 11) is 0. The minimum Gasteiger partial charge on any atom is -0.489 e. The number of carbonyl (C=O) groups excluding carboxylic acids is 1. The van der Waals surface area contributed by atoms with Gasteiger partial charge in [-0.25, -0.2) is 0 Å². The van der Waals surface area contributed by atoms with Crippen LogP contribution in [0.2, 0.25) is 0 Å². The lowest BCUT2D eigenvalue weighted by molar-refractivity contribution is -0.136. The fourth-order valence-electron chi connectivity index (χ4n) is 2.98. The van der Waals surface area contributed by atoms with E-state index in [0.717, 1.165) is 0 Å². The highest BCUT2D eigenvalue weighted by Crippen LogP contribution is 2.42. The van der Waals surface area contributed by atoms with Crippen molar-refractivity contribution in [2.45, 2.75) is 23.4 Å². The Morgan fingerprint density at radius 1 is 0.970 bits per heavy atom. The number of aliphatic carboxylic acids is 1. The van der Waals surface area contributed by atoms with Crippen LogP contribution in [0.5, 0.6) is 5.75 Å². The molecule has 3 aromatic carbocycles. The second-order valence-electron chi connectivity index (χ2n) is 6.96. The minimum absolute atomic E-state index is 0.0266. The van der Waals surface area contributed by atoms with Gasteiger partial charge in [0.1, 0.15) is 12.4 Å². The third-order valence-corrected chi connectivity index (χ3v) is 5.31. The molecule has 0 atom stereocenters. The maximum Gasteiger partial charge on any atom is 0.446 e. The number of thioether (sulfide) groups is 1. The van der Waals surface area contributed by atoms with Gasteiger partial charge >= 0.3 is 11.5 Å². The lowest BCUT2D eigenvalue weighted by Gasteiger charge is -2.14. The quantitative estimate of drug-likeness (QED) is 0.386. The van der Waals surface area contributed by atoms with E-state index >= 15 is 0 Å². The summed E-state index contributed by atoms with van der Waals surface area (Å²) < 4.78 is 44.7. The van der Waals surface area contributed by atoms with Gasteiger partial charge < -0.3 is 15.2 Å². The van der Waals surface area contributed by atoms with E-state index in [1.54, 1.807) is 66.7 Å². The Morgan fingerprint density at radius 2 is 1.67 bits per heavy atom. The highest BCUT2D eigenvalue weighted by molar-refractivity contribution is 8.00. The summed E-state index contributed by atoms with van der Waals surface area (Å²) in [6.45, 7) is 0.153. The summed E-state index contributed by atoms with van der Waals surface area (Å²) in [5.41, 5.74) is -2.22. The summed E-state index contributed by atoms with van der Waals surface area (Å²) in [4.78, 5) is 22.6. The second-order valence-corrected chi connectivity index (χ2v) is 8.06. The summed E-state index contributed by atoms with van der Waals surface area (Å²) in [6, 6.07) is 19.8. The topological polar surface area (TPSA) is 75.6 Å². The minimum atomic E-state index is -4.40. The van der Waals surface area contributed by atoms with Crippen LogP contribution in [-0.2, 0) is 11.4 Å². The lowest BCUT2D eigenvalue weighted by Crippen LogP contribution is -2.25. The summed E-state index contributed by atoms with van der Waals surface area (Å²) in [5.74, 6) is -0.917. The van der Waals surface area contributed by atoms with Gasteiger partial charge in [-0.2, -0.15) is 13.2 Å². The predicted molar refractivity (Wildman–Crippen MR) is 119 cm³/mol. The van der Waals surface area contributed by atoms with Gasteiger partial charge in [-0.15, -0.1) is 0 Å². The van der Waals surface area contributed by atoms with Crippen molar-refractivity contribution in [2.24, 2.45) is 0 Å². The number of halogens is 3. The molecule has 0 saturated carbocycles. The van der Waals surface area contributed by atoms with Gasteiger partial charge in [0.05, 0.1) is 6.42 Å². The van der Waals surface area contributed by atoms with E-state index in [2.05, 4.69) is 5.32 Å². The third-order valence-electron chi connectivity index (χ3n) is 4.50. The van der Waals surface area contributed by atoms with Crippen molar-refractivity contribution in [3.8, 4) is 16.9 Å². The van der Waals surface area contributed by atoms with Gasteiger partial charge in [0.15, 0.2) is 0 Å². The molecule has 0 aromatic heterocycles. The first-order valence-corrected chi connectivity index (χ1v) is 10.7. The molecule has 0 unspecified atom stereocenters. The summed E-state index contributed by atoms with van der Waals surface area (Å²) >= 11 is -0.155. The number of nitrogens with one attached hydrogen (secondary N) is 1. The maximum atomic E-state index is 13.0. The third kappa shape index (κ3) is 7.57. The number of hydrogen-bond acceptors (Lipinski definition) is 4. The van der Waals surface area contributed by atoms with Crippen LogP contribution < -0.4 is 10.1 Å². The normalized spacial score (nSPS) is 11.1. The fourth-order valence-corrected chi connectivity index (χ4v) is 3.65. The molecule has 9 heteroatoms. The Morgan fingerprint density at radius 3 is 2.30 bits per heavy atom. The van der Waals surface area contributed by atoms with Crippen LogP contribution >= 0.6 is 11.8 Å². The predicted octanol–water partition coefficient (Wildman–Crippen LogP) is 5.75. The molecule has 3 rings (SSSR count). The van der Waals surface area contributed by atoms with Crippen molar-refractivity contribution in [2.75, 3.05) is 6.54 Å². The molecule has 0 heterocycles. The van der Waals surface area contributed by atoms with Gasteiger partial charge in [0, 0.05) is 17.0 Å². The van der Waals surface area contributed by atoms with E-state index in [1.165, 1.54) is 6.07 Å². The van der Waals surface area contributed by atoms with Crippen LogP contribution in [0.15, 0.2) is 77.7 Å². The molecule has 0 spiro atoms. The first-order valence-electron chi connectivity index (χ1n) is 9.88. The molecule has 172 valence electrons. The molecule has 0 saturated heterocycles. The zero-order chi connectivity index (χ0) is 23.8. The van der Waals surface area contributed by atoms with Gasteiger partial charge in [-0.3, -0.25) is 9.59 Å².